The van der Waals surface area contributed by atoms with E-state index in [0.717, 1.165) is 5.56 Å². The van der Waals surface area contributed by atoms with Crippen molar-refractivity contribution < 1.29 is 28.7 Å². The molecule has 1 unspecified atom stereocenters. The fourth-order valence-electron chi connectivity index (χ4n) is 5.02. The summed E-state index contributed by atoms with van der Waals surface area (Å²) in [5.74, 6) is -1.61. The maximum atomic E-state index is 13.3. The Kier molecular flexibility index (Phi) is 9.74. The molecule has 0 fully saturated rings. The molecule has 10 heteroatoms. The number of esters is 1. The fourth-order valence-corrected chi connectivity index (χ4v) is 5.02. The van der Waals surface area contributed by atoms with Gasteiger partial charge in [0.05, 0.1) is 30.5 Å². The number of methoxy groups -OCH3 is 1. The van der Waals surface area contributed by atoms with Gasteiger partial charge in [-0.3, -0.25) is 14.4 Å². The van der Waals surface area contributed by atoms with Crippen LogP contribution >= 0.6 is 0 Å². The van der Waals surface area contributed by atoms with Crippen molar-refractivity contribution >= 4 is 41.0 Å². The van der Waals surface area contributed by atoms with Gasteiger partial charge in [-0.1, -0.05) is 30.3 Å². The van der Waals surface area contributed by atoms with Crippen LogP contribution in [-0.2, 0) is 25.5 Å². The second-order valence-electron chi connectivity index (χ2n) is 12.0. The Bertz CT molecular complexity index is 1600. The van der Waals surface area contributed by atoms with Gasteiger partial charge in [-0.05, 0) is 76.9 Å². The van der Waals surface area contributed by atoms with Crippen LogP contribution in [-0.4, -0.2) is 60.1 Å². The standard InChI is InChI=1S/C34H40N4O6/c1-19(18-44-34(4,5)6)35-32(41)29-20(2)27(36-21(29)3)17-25-24-16-23(13-14-26(24)37-31(25)40)30(39)38-28(33(42)43-7)15-22-11-9-8-10-12-22/h8-14,16-17,19,28,36H,15,18H2,1-7H3,(H,35,41)(H,37,40)(H,38,39)/b25-17-/t19?,28-/m0/s1. The normalized spacial score (nSPS) is 14.9. The van der Waals surface area contributed by atoms with Crippen LogP contribution in [0.3, 0.4) is 0 Å². The van der Waals surface area contributed by atoms with E-state index in [-0.39, 0.29) is 35.4 Å². The molecule has 10 nitrogen and oxygen atoms in total. The van der Waals surface area contributed by atoms with E-state index in [1.807, 2.05) is 65.0 Å². The van der Waals surface area contributed by atoms with Crippen molar-refractivity contribution in [1.29, 1.82) is 0 Å². The van der Waals surface area contributed by atoms with Crippen LogP contribution < -0.4 is 16.0 Å². The summed E-state index contributed by atoms with van der Waals surface area (Å²) in [5, 5.41) is 8.58. The minimum Gasteiger partial charge on any atom is -0.467 e. The first-order valence-corrected chi connectivity index (χ1v) is 14.5. The number of rotatable bonds is 10. The largest absolute Gasteiger partial charge is 0.467 e. The lowest BCUT2D eigenvalue weighted by atomic mass is 10.0. The van der Waals surface area contributed by atoms with Crippen molar-refractivity contribution in [2.24, 2.45) is 0 Å². The van der Waals surface area contributed by atoms with E-state index in [9.17, 15) is 19.2 Å². The van der Waals surface area contributed by atoms with E-state index >= 15 is 0 Å². The predicted molar refractivity (Wildman–Crippen MR) is 169 cm³/mol. The summed E-state index contributed by atoms with van der Waals surface area (Å²) in [6.07, 6.45) is 1.94. The van der Waals surface area contributed by atoms with Gasteiger partial charge in [-0.2, -0.15) is 0 Å². The molecule has 0 aliphatic carbocycles. The Morgan fingerprint density at radius 1 is 1.00 bits per heavy atom. The van der Waals surface area contributed by atoms with Crippen molar-refractivity contribution in [3.8, 4) is 0 Å². The number of aryl methyl sites for hydroxylation is 1. The summed E-state index contributed by atoms with van der Waals surface area (Å²) in [6, 6.07) is 13.1. The molecule has 2 aromatic carbocycles. The Balaban J connectivity index is 1.56. The molecule has 4 N–H and O–H groups in total. The second kappa shape index (κ2) is 13.3. The van der Waals surface area contributed by atoms with Crippen molar-refractivity contribution in [3.05, 3.63) is 87.7 Å². The first-order chi connectivity index (χ1) is 20.8. The Hall–Kier alpha value is -4.70. The van der Waals surface area contributed by atoms with Crippen LogP contribution in [0.25, 0.3) is 11.6 Å². The molecule has 0 saturated carbocycles. The van der Waals surface area contributed by atoms with Crippen molar-refractivity contribution in [3.63, 3.8) is 0 Å². The molecule has 3 aromatic rings. The van der Waals surface area contributed by atoms with Crippen LogP contribution in [0, 0.1) is 13.8 Å². The van der Waals surface area contributed by atoms with Crippen LogP contribution in [0.4, 0.5) is 5.69 Å². The maximum Gasteiger partial charge on any atom is 0.328 e. The van der Waals surface area contributed by atoms with Gasteiger partial charge in [0.15, 0.2) is 0 Å². The maximum absolute atomic E-state index is 13.3. The second-order valence-corrected chi connectivity index (χ2v) is 12.0. The molecule has 3 amide bonds. The van der Waals surface area contributed by atoms with E-state index < -0.39 is 17.9 Å². The highest BCUT2D eigenvalue weighted by atomic mass is 16.5. The number of carbonyl (C=O) groups excluding carboxylic acids is 4. The first kappa shape index (κ1) is 32.2. The SMILES string of the molecule is COC(=O)[C@H](Cc1ccccc1)NC(=O)c1ccc2c(c1)/C(=C/c1[nH]c(C)c(C(=O)NC(C)COC(C)(C)C)c1C)C(=O)N2. The van der Waals surface area contributed by atoms with Crippen LogP contribution in [0.5, 0.6) is 0 Å². The van der Waals surface area contributed by atoms with Gasteiger partial charge in [0, 0.05) is 40.7 Å². The first-order valence-electron chi connectivity index (χ1n) is 14.5. The third-order valence-electron chi connectivity index (χ3n) is 7.27. The number of ether oxygens (including phenoxy) is 2. The van der Waals surface area contributed by atoms with E-state index in [2.05, 4.69) is 20.9 Å². The highest BCUT2D eigenvalue weighted by Gasteiger charge is 2.28. The number of amides is 3. The summed E-state index contributed by atoms with van der Waals surface area (Å²) in [6.45, 7) is 11.7. The zero-order valence-electron chi connectivity index (χ0n) is 26.2. The minimum atomic E-state index is -0.894. The Morgan fingerprint density at radius 2 is 1.70 bits per heavy atom. The average molecular weight is 601 g/mol. The summed E-state index contributed by atoms with van der Waals surface area (Å²) in [4.78, 5) is 55.1. The van der Waals surface area contributed by atoms with Crippen molar-refractivity contribution in [2.75, 3.05) is 19.0 Å². The van der Waals surface area contributed by atoms with Gasteiger partial charge in [0.2, 0.25) is 0 Å². The highest BCUT2D eigenvalue weighted by molar-refractivity contribution is 6.35. The van der Waals surface area contributed by atoms with Crippen LogP contribution in [0.15, 0.2) is 48.5 Å². The molecule has 2 heterocycles. The molecule has 44 heavy (non-hydrogen) atoms. The Labute approximate surface area is 257 Å². The highest BCUT2D eigenvalue weighted by Crippen LogP contribution is 2.35. The lowest BCUT2D eigenvalue weighted by Crippen LogP contribution is -2.43. The minimum absolute atomic E-state index is 0.208. The molecule has 0 bridgehead atoms. The van der Waals surface area contributed by atoms with Crippen molar-refractivity contribution in [2.45, 2.75) is 65.6 Å². The number of anilines is 1. The number of hydrogen-bond donors (Lipinski definition) is 4. The van der Waals surface area contributed by atoms with E-state index in [4.69, 9.17) is 9.47 Å². The quantitative estimate of drug-likeness (QED) is 0.199. The number of H-pyrrole nitrogens is 1. The van der Waals surface area contributed by atoms with Gasteiger partial charge >= 0.3 is 5.97 Å². The van der Waals surface area contributed by atoms with Crippen LogP contribution in [0.2, 0.25) is 0 Å². The van der Waals surface area contributed by atoms with Crippen LogP contribution in [0.1, 0.15) is 76.5 Å². The summed E-state index contributed by atoms with van der Waals surface area (Å²) < 4.78 is 10.7. The summed E-state index contributed by atoms with van der Waals surface area (Å²) in [5.41, 5.74) is 4.71. The van der Waals surface area contributed by atoms with E-state index in [1.165, 1.54) is 7.11 Å². The molecule has 0 spiro atoms. The lowest BCUT2D eigenvalue weighted by molar-refractivity contribution is -0.142. The molecule has 0 radical (unpaired) electrons. The number of aromatic nitrogens is 1. The van der Waals surface area contributed by atoms with E-state index in [1.54, 1.807) is 31.2 Å². The molecule has 1 aliphatic rings. The zero-order valence-corrected chi connectivity index (χ0v) is 26.2. The topological polar surface area (TPSA) is 139 Å². The molecular weight excluding hydrogens is 560 g/mol. The predicted octanol–water partition coefficient (Wildman–Crippen LogP) is 4.57. The third-order valence-corrected chi connectivity index (χ3v) is 7.27. The molecule has 4 rings (SSSR count). The number of aromatic amines is 1. The smallest absolute Gasteiger partial charge is 0.328 e. The Morgan fingerprint density at radius 3 is 2.36 bits per heavy atom. The molecule has 1 aromatic heterocycles. The number of benzene rings is 2. The third kappa shape index (κ3) is 7.62. The number of fused-ring (bicyclic) bond motifs is 1. The lowest BCUT2D eigenvalue weighted by Gasteiger charge is -2.23. The molecule has 2 atom stereocenters. The number of nitrogens with one attached hydrogen (secondary N) is 4. The summed E-state index contributed by atoms with van der Waals surface area (Å²) in [7, 11) is 1.28. The monoisotopic (exact) mass is 600 g/mol. The molecular formula is C34H40N4O6. The number of carbonyl (C=O) groups is 4. The van der Waals surface area contributed by atoms with Gasteiger partial charge < -0.3 is 30.4 Å². The zero-order chi connectivity index (χ0) is 32.2. The summed E-state index contributed by atoms with van der Waals surface area (Å²) >= 11 is 0. The van der Waals surface area contributed by atoms with Gasteiger partial charge in [0.1, 0.15) is 6.04 Å². The van der Waals surface area contributed by atoms with Crippen molar-refractivity contribution in [1.82, 2.24) is 15.6 Å². The fraction of sp³-hybridized carbons (Fsp3) is 0.353. The molecule has 1 aliphatic heterocycles. The molecule has 0 saturated heterocycles. The van der Waals surface area contributed by atoms with Gasteiger partial charge in [0.25, 0.3) is 17.7 Å². The van der Waals surface area contributed by atoms with Gasteiger partial charge in [-0.15, -0.1) is 0 Å². The van der Waals surface area contributed by atoms with Gasteiger partial charge in [-0.25, -0.2) is 4.79 Å². The van der Waals surface area contributed by atoms with E-state index in [0.29, 0.717) is 45.9 Å². The number of hydrogen-bond acceptors (Lipinski definition) is 6. The average Bonchev–Trinajstić information content (AvgIpc) is 3.44. The molecule has 232 valence electrons.